The van der Waals surface area contributed by atoms with Gasteiger partial charge in [0.15, 0.2) is 0 Å². The number of rotatable bonds is 5. The number of aromatic nitrogens is 2. The summed E-state index contributed by atoms with van der Waals surface area (Å²) in [6.45, 7) is 1.77. The first kappa shape index (κ1) is 15.9. The van der Waals surface area contributed by atoms with Gasteiger partial charge in [-0.15, -0.1) is 0 Å². The minimum absolute atomic E-state index is 0.0998. The van der Waals surface area contributed by atoms with Crippen molar-refractivity contribution in [2.75, 3.05) is 5.32 Å². The van der Waals surface area contributed by atoms with Gasteiger partial charge in [0.25, 0.3) is 0 Å². The Labute approximate surface area is 139 Å². The van der Waals surface area contributed by atoms with Crippen LogP contribution in [0.5, 0.6) is 0 Å². The summed E-state index contributed by atoms with van der Waals surface area (Å²) >= 11 is 0. The first-order valence-corrected chi connectivity index (χ1v) is 7.77. The minimum Gasteiger partial charge on any atom is -0.326 e. The van der Waals surface area contributed by atoms with E-state index in [1.54, 1.807) is 23.9 Å². The highest BCUT2D eigenvalue weighted by Gasteiger charge is 2.07. The lowest BCUT2D eigenvalue weighted by molar-refractivity contribution is -0.116. The summed E-state index contributed by atoms with van der Waals surface area (Å²) in [6.07, 6.45) is 4.63. The number of carbonyl (C=O) groups excluding carboxylic acids is 1. The van der Waals surface area contributed by atoms with Crippen molar-refractivity contribution in [3.05, 3.63) is 77.9 Å². The van der Waals surface area contributed by atoms with E-state index in [-0.39, 0.29) is 11.7 Å². The molecule has 0 spiro atoms. The average Bonchev–Trinajstić information content (AvgIpc) is 3.05. The van der Waals surface area contributed by atoms with Gasteiger partial charge in [-0.25, -0.2) is 9.07 Å². The second kappa shape index (κ2) is 7.08. The Hall–Kier alpha value is -2.95. The first-order valence-electron chi connectivity index (χ1n) is 7.77. The normalized spacial score (nSPS) is 10.6. The number of carbonyl (C=O) groups is 1. The third-order valence-electron chi connectivity index (χ3n) is 3.76. The molecule has 0 aliphatic carbocycles. The second-order valence-electron chi connectivity index (χ2n) is 5.64. The number of nitrogens with zero attached hydrogens (tertiary/aromatic N) is 2. The highest BCUT2D eigenvalue weighted by Crippen LogP contribution is 2.16. The summed E-state index contributed by atoms with van der Waals surface area (Å²) in [5.41, 5.74) is 3.32. The van der Waals surface area contributed by atoms with Crippen LogP contribution in [0, 0.1) is 12.7 Å². The SMILES string of the molecule is Cc1cc(F)ccc1NC(=O)CCc1cnn(-c2ccccc2)c1. The van der Waals surface area contributed by atoms with Gasteiger partial charge in [-0.05, 0) is 54.8 Å². The summed E-state index contributed by atoms with van der Waals surface area (Å²) in [4.78, 5) is 12.1. The van der Waals surface area contributed by atoms with Crippen molar-refractivity contribution in [1.29, 1.82) is 0 Å². The summed E-state index contributed by atoms with van der Waals surface area (Å²) in [6, 6.07) is 14.1. The number of hydrogen-bond donors (Lipinski definition) is 1. The molecule has 0 saturated carbocycles. The highest BCUT2D eigenvalue weighted by molar-refractivity contribution is 5.91. The van der Waals surface area contributed by atoms with Crippen molar-refractivity contribution >= 4 is 11.6 Å². The van der Waals surface area contributed by atoms with Crippen molar-refractivity contribution in [2.24, 2.45) is 0 Å². The van der Waals surface area contributed by atoms with Crippen LogP contribution in [0.4, 0.5) is 10.1 Å². The molecule has 1 heterocycles. The Morgan fingerprint density at radius 3 is 2.75 bits per heavy atom. The van der Waals surface area contributed by atoms with Crippen LogP contribution in [-0.2, 0) is 11.2 Å². The molecule has 0 aliphatic heterocycles. The molecule has 0 aliphatic rings. The average molecular weight is 323 g/mol. The zero-order chi connectivity index (χ0) is 16.9. The summed E-state index contributed by atoms with van der Waals surface area (Å²) < 4.78 is 14.9. The molecule has 0 saturated heterocycles. The number of hydrogen-bond acceptors (Lipinski definition) is 2. The summed E-state index contributed by atoms with van der Waals surface area (Å²) in [5, 5.41) is 7.13. The van der Waals surface area contributed by atoms with E-state index >= 15 is 0 Å². The fourth-order valence-electron chi connectivity index (χ4n) is 2.45. The number of halogens is 1. The van der Waals surface area contributed by atoms with E-state index in [1.165, 1.54) is 12.1 Å². The molecular weight excluding hydrogens is 305 g/mol. The minimum atomic E-state index is -0.307. The maximum Gasteiger partial charge on any atom is 0.224 e. The number of amides is 1. The molecule has 3 aromatic rings. The predicted octanol–water partition coefficient (Wildman–Crippen LogP) is 3.89. The van der Waals surface area contributed by atoms with Crippen LogP contribution in [0.15, 0.2) is 60.9 Å². The van der Waals surface area contributed by atoms with Crippen molar-refractivity contribution in [2.45, 2.75) is 19.8 Å². The van der Waals surface area contributed by atoms with E-state index < -0.39 is 0 Å². The van der Waals surface area contributed by atoms with E-state index in [1.807, 2.05) is 36.5 Å². The monoisotopic (exact) mass is 323 g/mol. The Morgan fingerprint density at radius 1 is 1.21 bits per heavy atom. The van der Waals surface area contributed by atoms with Gasteiger partial charge >= 0.3 is 0 Å². The van der Waals surface area contributed by atoms with E-state index in [9.17, 15) is 9.18 Å². The van der Waals surface area contributed by atoms with Crippen LogP contribution in [0.3, 0.4) is 0 Å². The summed E-state index contributed by atoms with van der Waals surface area (Å²) in [7, 11) is 0. The summed E-state index contributed by atoms with van der Waals surface area (Å²) in [5.74, 6) is -0.406. The molecule has 0 bridgehead atoms. The van der Waals surface area contributed by atoms with Gasteiger partial charge in [-0.3, -0.25) is 4.79 Å². The molecule has 24 heavy (non-hydrogen) atoms. The van der Waals surface area contributed by atoms with Gasteiger partial charge in [0.05, 0.1) is 11.9 Å². The zero-order valence-corrected chi connectivity index (χ0v) is 13.4. The lowest BCUT2D eigenvalue weighted by Crippen LogP contribution is -2.13. The molecule has 4 nitrogen and oxygen atoms in total. The molecule has 0 unspecified atom stereocenters. The number of nitrogens with one attached hydrogen (secondary N) is 1. The van der Waals surface area contributed by atoms with Crippen molar-refractivity contribution in [3.8, 4) is 5.69 Å². The maximum absolute atomic E-state index is 13.1. The van der Waals surface area contributed by atoms with Gasteiger partial charge in [0.2, 0.25) is 5.91 Å². The van der Waals surface area contributed by atoms with Crippen LogP contribution in [-0.4, -0.2) is 15.7 Å². The lowest BCUT2D eigenvalue weighted by Gasteiger charge is -2.08. The third-order valence-corrected chi connectivity index (χ3v) is 3.76. The first-order chi connectivity index (χ1) is 11.6. The van der Waals surface area contributed by atoms with Crippen LogP contribution >= 0.6 is 0 Å². The van der Waals surface area contributed by atoms with Crippen LogP contribution in [0.25, 0.3) is 5.69 Å². The van der Waals surface area contributed by atoms with Crippen LogP contribution in [0.2, 0.25) is 0 Å². The van der Waals surface area contributed by atoms with E-state index in [2.05, 4.69) is 10.4 Å². The van der Waals surface area contributed by atoms with Gasteiger partial charge in [-0.2, -0.15) is 5.10 Å². The molecule has 0 radical (unpaired) electrons. The molecule has 0 atom stereocenters. The molecular formula is C19H18FN3O. The second-order valence-corrected chi connectivity index (χ2v) is 5.64. The fraction of sp³-hybridized carbons (Fsp3) is 0.158. The van der Waals surface area contributed by atoms with Gasteiger partial charge in [-0.1, -0.05) is 18.2 Å². The van der Waals surface area contributed by atoms with Crippen molar-refractivity contribution in [3.63, 3.8) is 0 Å². The number of para-hydroxylation sites is 1. The Balaban J connectivity index is 1.58. The maximum atomic E-state index is 13.1. The smallest absolute Gasteiger partial charge is 0.224 e. The topological polar surface area (TPSA) is 46.9 Å². The molecule has 122 valence electrons. The van der Waals surface area contributed by atoms with Gasteiger partial charge in [0, 0.05) is 18.3 Å². The molecule has 0 fully saturated rings. The van der Waals surface area contributed by atoms with Crippen molar-refractivity contribution in [1.82, 2.24) is 9.78 Å². The van der Waals surface area contributed by atoms with Crippen molar-refractivity contribution < 1.29 is 9.18 Å². The van der Waals surface area contributed by atoms with Gasteiger partial charge in [0.1, 0.15) is 5.82 Å². The van der Waals surface area contributed by atoms with E-state index in [0.717, 1.165) is 11.3 Å². The van der Waals surface area contributed by atoms with Crippen LogP contribution in [0.1, 0.15) is 17.5 Å². The molecule has 1 N–H and O–H groups in total. The number of anilines is 1. The number of benzene rings is 2. The third kappa shape index (κ3) is 3.87. The predicted molar refractivity (Wildman–Crippen MR) is 91.7 cm³/mol. The zero-order valence-electron chi connectivity index (χ0n) is 13.4. The van der Waals surface area contributed by atoms with E-state index in [4.69, 9.17) is 0 Å². The molecule has 1 amide bonds. The Kier molecular flexibility index (Phi) is 4.70. The standard InChI is InChI=1S/C19H18FN3O/c1-14-11-16(20)8-9-18(14)22-19(24)10-7-15-12-21-23(13-15)17-5-3-2-4-6-17/h2-6,8-9,11-13H,7,10H2,1H3,(H,22,24). The molecule has 5 heteroatoms. The van der Waals surface area contributed by atoms with Gasteiger partial charge < -0.3 is 5.32 Å². The molecule has 1 aromatic heterocycles. The largest absolute Gasteiger partial charge is 0.326 e. The Bertz CT molecular complexity index is 843. The quantitative estimate of drug-likeness (QED) is 0.774. The highest BCUT2D eigenvalue weighted by atomic mass is 19.1. The van der Waals surface area contributed by atoms with E-state index in [0.29, 0.717) is 24.1 Å². The fourth-order valence-corrected chi connectivity index (χ4v) is 2.45. The van der Waals surface area contributed by atoms with Crippen LogP contribution < -0.4 is 5.32 Å². The molecule has 2 aromatic carbocycles. The number of aryl methyl sites for hydroxylation is 2. The Morgan fingerprint density at radius 2 is 2.00 bits per heavy atom. The lowest BCUT2D eigenvalue weighted by atomic mass is 10.1. The molecule has 3 rings (SSSR count).